The fraction of sp³-hybridized carbons (Fsp3) is 0.444. The zero-order valence-corrected chi connectivity index (χ0v) is 28.3. The highest BCUT2D eigenvalue weighted by atomic mass is 19.4. The van der Waals surface area contributed by atoms with E-state index in [1.165, 1.54) is 7.05 Å². The Balaban J connectivity index is 1.15. The van der Waals surface area contributed by atoms with Gasteiger partial charge in [0.05, 0.1) is 5.56 Å². The van der Waals surface area contributed by atoms with Gasteiger partial charge in [-0.05, 0) is 67.1 Å². The number of hydrogen-bond donors (Lipinski definition) is 3. The lowest BCUT2D eigenvalue weighted by Gasteiger charge is -2.39. The average molecular weight is 693 g/mol. The second-order valence-electron chi connectivity index (χ2n) is 13.1. The number of benzene rings is 2. The number of piperazine rings is 1. The van der Waals surface area contributed by atoms with Gasteiger partial charge in [-0.3, -0.25) is 9.78 Å². The van der Waals surface area contributed by atoms with Gasteiger partial charge >= 0.3 is 18.2 Å². The Kier molecular flexibility index (Phi) is 10.3. The number of alkyl halides is 3. The van der Waals surface area contributed by atoms with Crippen LogP contribution in [-0.4, -0.2) is 103 Å². The van der Waals surface area contributed by atoms with E-state index in [1.54, 1.807) is 35.2 Å². The molecular formula is C36H43F3N8O3. The topological polar surface area (TPSA) is 113 Å². The number of aryl methyl sites for hydroxylation is 1. The van der Waals surface area contributed by atoms with Gasteiger partial charge in [-0.2, -0.15) is 13.2 Å². The molecule has 2 aromatic carbocycles. The summed E-state index contributed by atoms with van der Waals surface area (Å²) in [5.74, 6) is -0.340. The van der Waals surface area contributed by atoms with Gasteiger partial charge < -0.3 is 35.6 Å². The van der Waals surface area contributed by atoms with Crippen molar-refractivity contribution < 1.29 is 27.6 Å². The summed E-state index contributed by atoms with van der Waals surface area (Å²) in [5.41, 5.74) is 2.73. The van der Waals surface area contributed by atoms with Crippen LogP contribution in [0, 0.1) is 6.92 Å². The van der Waals surface area contributed by atoms with Crippen molar-refractivity contribution in [1.82, 2.24) is 25.0 Å². The van der Waals surface area contributed by atoms with Crippen molar-refractivity contribution in [2.24, 2.45) is 0 Å². The second-order valence-corrected chi connectivity index (χ2v) is 13.1. The molecule has 3 aliphatic heterocycles. The van der Waals surface area contributed by atoms with Crippen LogP contribution in [0.1, 0.15) is 35.1 Å². The maximum atomic E-state index is 14.1. The van der Waals surface area contributed by atoms with E-state index in [2.05, 4.69) is 25.8 Å². The summed E-state index contributed by atoms with van der Waals surface area (Å²) in [5, 5.41) is 8.54. The molecule has 50 heavy (non-hydrogen) atoms. The molecule has 1 aromatic heterocycles. The molecule has 2 fully saturated rings. The van der Waals surface area contributed by atoms with E-state index in [-0.39, 0.29) is 30.1 Å². The van der Waals surface area contributed by atoms with Crippen molar-refractivity contribution in [2.75, 3.05) is 68.4 Å². The van der Waals surface area contributed by atoms with Crippen molar-refractivity contribution in [1.29, 1.82) is 0 Å². The van der Waals surface area contributed by atoms with E-state index < -0.39 is 23.8 Å². The highest BCUT2D eigenvalue weighted by Gasteiger charge is 2.37. The van der Waals surface area contributed by atoms with Gasteiger partial charge in [-0.25, -0.2) is 9.59 Å². The molecule has 14 heteroatoms. The van der Waals surface area contributed by atoms with E-state index in [4.69, 9.17) is 0 Å². The lowest BCUT2D eigenvalue weighted by molar-refractivity contribution is -0.137. The number of nitrogens with one attached hydrogen (secondary N) is 3. The predicted molar refractivity (Wildman–Crippen MR) is 185 cm³/mol. The Morgan fingerprint density at radius 1 is 0.960 bits per heavy atom. The average Bonchev–Trinajstić information content (AvgIpc) is 3.29. The van der Waals surface area contributed by atoms with Crippen LogP contribution >= 0.6 is 0 Å². The molecule has 0 spiro atoms. The Morgan fingerprint density at radius 2 is 1.66 bits per heavy atom. The minimum absolute atomic E-state index is 0.0229. The molecule has 4 heterocycles. The van der Waals surface area contributed by atoms with Crippen molar-refractivity contribution in [3.63, 3.8) is 0 Å². The minimum Gasteiger partial charge on any atom is -0.387 e. The number of halogens is 3. The Hall–Kier alpha value is -5.01. The van der Waals surface area contributed by atoms with Gasteiger partial charge in [0.15, 0.2) is 0 Å². The van der Waals surface area contributed by atoms with E-state index in [9.17, 15) is 27.6 Å². The van der Waals surface area contributed by atoms with E-state index in [0.717, 1.165) is 29.4 Å². The number of nitrogens with zero attached hydrogens (tertiary/aromatic N) is 5. The molecule has 2 saturated heterocycles. The Bertz CT molecular complexity index is 1690. The number of carbonyl (C=O) groups is 3. The van der Waals surface area contributed by atoms with Gasteiger partial charge in [0.1, 0.15) is 6.04 Å². The number of hydrogen-bond acceptors (Lipinski definition) is 6. The number of piperidine rings is 1. The van der Waals surface area contributed by atoms with Crippen LogP contribution in [0.2, 0.25) is 0 Å². The van der Waals surface area contributed by atoms with Gasteiger partial charge in [0.25, 0.3) is 0 Å². The highest BCUT2D eigenvalue weighted by Crippen LogP contribution is 2.37. The Morgan fingerprint density at radius 3 is 2.34 bits per heavy atom. The van der Waals surface area contributed by atoms with Crippen LogP contribution in [0.3, 0.4) is 0 Å². The lowest BCUT2D eigenvalue weighted by atomic mass is 9.97. The largest absolute Gasteiger partial charge is 0.418 e. The molecule has 3 aromatic rings. The molecule has 266 valence electrons. The second kappa shape index (κ2) is 14.9. The molecule has 0 aliphatic carbocycles. The summed E-state index contributed by atoms with van der Waals surface area (Å²) in [6, 6.07) is 12.5. The summed E-state index contributed by atoms with van der Waals surface area (Å²) < 4.78 is 42.2. The predicted octanol–water partition coefficient (Wildman–Crippen LogP) is 4.97. The van der Waals surface area contributed by atoms with Gasteiger partial charge in [0, 0.05) is 94.8 Å². The number of pyridine rings is 1. The lowest BCUT2D eigenvalue weighted by Crippen LogP contribution is -2.58. The normalized spacial score (nSPS) is 17.8. The molecule has 0 radical (unpaired) electrons. The summed E-state index contributed by atoms with van der Waals surface area (Å²) in [6.45, 7) is 4.81. The summed E-state index contributed by atoms with van der Waals surface area (Å²) in [4.78, 5) is 52.2. The third-order valence-electron chi connectivity index (χ3n) is 9.94. The molecule has 6 rings (SSSR count). The molecule has 0 saturated carbocycles. The third kappa shape index (κ3) is 7.74. The van der Waals surface area contributed by atoms with Crippen LogP contribution < -0.4 is 20.9 Å². The summed E-state index contributed by atoms with van der Waals surface area (Å²) in [6.07, 6.45) is 0.551. The van der Waals surface area contributed by atoms with Crippen LogP contribution in [0.5, 0.6) is 0 Å². The van der Waals surface area contributed by atoms with Gasteiger partial charge in [-0.1, -0.05) is 24.3 Å². The highest BCUT2D eigenvalue weighted by molar-refractivity contribution is 5.91. The smallest absolute Gasteiger partial charge is 0.387 e. The summed E-state index contributed by atoms with van der Waals surface area (Å²) >= 11 is 0. The van der Waals surface area contributed by atoms with Crippen LogP contribution in [-0.2, 0) is 23.8 Å². The molecule has 0 unspecified atom stereocenters. The number of likely N-dealkylation sites (tertiary alicyclic amines) is 1. The quantitative estimate of drug-likeness (QED) is 0.323. The molecule has 11 nitrogen and oxygen atoms in total. The molecule has 5 amide bonds. The van der Waals surface area contributed by atoms with Crippen molar-refractivity contribution in [3.8, 4) is 0 Å². The SMILES string of the molecule is CNc1c(C)cc(C[C@@H](NC(=O)N2CCC(N3CCc4ccccc4NC3=O)CC2)C(=O)N2CCN(c3ccncc3)CC2)cc1C(F)(F)F. The standard InChI is InChI=1S/C36H43F3N8O3/c1-24-21-25(22-29(32(24)40-2)36(37,38)39)23-31(33(48)45-19-17-44(18-20-45)27-7-12-41-13-8-27)43-34(49)46-14-10-28(11-15-46)47-16-9-26-5-3-4-6-30(26)42-35(47)50/h3-8,12-13,21-22,28,31,40H,9-11,14-20,23H2,1-2H3,(H,42,50)(H,43,49)/t31-/m1/s1. The van der Waals surface area contributed by atoms with E-state index in [1.807, 2.05) is 41.3 Å². The first-order valence-electron chi connectivity index (χ1n) is 17.0. The van der Waals surface area contributed by atoms with Crippen LogP contribution in [0.25, 0.3) is 0 Å². The maximum absolute atomic E-state index is 14.1. The van der Waals surface area contributed by atoms with Gasteiger partial charge in [0.2, 0.25) is 5.91 Å². The number of carbonyl (C=O) groups excluding carboxylic acids is 3. The first-order valence-corrected chi connectivity index (χ1v) is 17.0. The van der Waals surface area contributed by atoms with E-state index >= 15 is 0 Å². The summed E-state index contributed by atoms with van der Waals surface area (Å²) in [7, 11) is 1.44. The molecule has 0 bridgehead atoms. The number of aromatic nitrogens is 1. The number of anilines is 3. The fourth-order valence-electron chi connectivity index (χ4n) is 7.29. The van der Waals surface area contributed by atoms with Crippen LogP contribution in [0.4, 0.5) is 39.8 Å². The zero-order chi connectivity index (χ0) is 35.4. The number of fused-ring (bicyclic) bond motifs is 1. The maximum Gasteiger partial charge on any atom is 0.418 e. The molecule has 1 atom stereocenters. The monoisotopic (exact) mass is 692 g/mol. The van der Waals surface area contributed by atoms with Crippen molar-refractivity contribution >= 4 is 35.0 Å². The number of amides is 5. The number of rotatable bonds is 7. The number of para-hydroxylation sites is 1. The number of urea groups is 2. The Labute approximate surface area is 289 Å². The first kappa shape index (κ1) is 34.8. The minimum atomic E-state index is -4.61. The zero-order valence-electron chi connectivity index (χ0n) is 28.3. The fourth-order valence-corrected chi connectivity index (χ4v) is 7.29. The first-order chi connectivity index (χ1) is 24.0. The molecule has 3 N–H and O–H groups in total. The third-order valence-corrected chi connectivity index (χ3v) is 9.94. The van der Waals surface area contributed by atoms with Crippen molar-refractivity contribution in [3.05, 3.63) is 83.2 Å². The molecule has 3 aliphatic rings. The van der Waals surface area contributed by atoms with E-state index in [0.29, 0.717) is 69.8 Å². The van der Waals surface area contributed by atoms with Crippen LogP contribution in [0.15, 0.2) is 60.9 Å². The van der Waals surface area contributed by atoms with Crippen molar-refractivity contribution in [2.45, 2.75) is 50.9 Å². The molecular weight excluding hydrogens is 649 g/mol. The van der Waals surface area contributed by atoms with Gasteiger partial charge in [-0.15, -0.1) is 0 Å².